The van der Waals surface area contributed by atoms with E-state index in [0.717, 1.165) is 6.07 Å². The van der Waals surface area contributed by atoms with Gasteiger partial charge in [0.15, 0.2) is 0 Å². The lowest BCUT2D eigenvalue weighted by Gasteiger charge is -2.14. The lowest BCUT2D eigenvalue weighted by Crippen LogP contribution is -2.08. The first-order chi connectivity index (χ1) is 8.86. The zero-order valence-corrected chi connectivity index (χ0v) is 9.74. The largest absolute Gasteiger partial charge is 0.457 e. The molecular formula is C13H11F3N2O. The van der Waals surface area contributed by atoms with E-state index in [0.29, 0.717) is 5.69 Å². The first kappa shape index (κ1) is 13.1. The van der Waals surface area contributed by atoms with Gasteiger partial charge in [-0.3, -0.25) is 0 Å². The number of hydrogen-bond acceptors (Lipinski definition) is 3. The maximum Gasteiger partial charge on any atom is 0.420 e. The Hall–Kier alpha value is -2.37. The zero-order valence-electron chi connectivity index (χ0n) is 9.74. The Balaban J connectivity index is 2.40. The van der Waals surface area contributed by atoms with Crippen molar-refractivity contribution in [3.05, 3.63) is 48.0 Å². The fourth-order valence-corrected chi connectivity index (χ4v) is 1.56. The van der Waals surface area contributed by atoms with Crippen molar-refractivity contribution in [1.29, 1.82) is 0 Å². The van der Waals surface area contributed by atoms with Crippen molar-refractivity contribution >= 4 is 11.4 Å². The minimum absolute atomic E-state index is 0.0206. The summed E-state index contributed by atoms with van der Waals surface area (Å²) in [5.41, 5.74) is 10.4. The van der Waals surface area contributed by atoms with E-state index >= 15 is 0 Å². The Morgan fingerprint density at radius 1 is 0.895 bits per heavy atom. The fourth-order valence-electron chi connectivity index (χ4n) is 1.56. The van der Waals surface area contributed by atoms with Crippen molar-refractivity contribution in [2.24, 2.45) is 0 Å². The van der Waals surface area contributed by atoms with Gasteiger partial charge < -0.3 is 16.2 Å². The molecule has 0 atom stereocenters. The summed E-state index contributed by atoms with van der Waals surface area (Å²) < 4.78 is 43.8. The summed E-state index contributed by atoms with van der Waals surface area (Å²) in [5, 5.41) is 0. The van der Waals surface area contributed by atoms with Crippen molar-refractivity contribution in [1.82, 2.24) is 0 Å². The van der Waals surface area contributed by atoms with Gasteiger partial charge in [-0.05, 0) is 30.3 Å². The summed E-state index contributed by atoms with van der Waals surface area (Å²) in [6.45, 7) is 0. The lowest BCUT2D eigenvalue weighted by atomic mass is 10.1. The van der Waals surface area contributed by atoms with E-state index in [4.69, 9.17) is 16.2 Å². The SMILES string of the molecule is Nc1cccc(Oc2ccc(N)cc2C(F)(F)F)c1. The molecule has 0 aliphatic heterocycles. The third kappa shape index (κ3) is 3.09. The Kier molecular flexibility index (Phi) is 3.25. The van der Waals surface area contributed by atoms with E-state index in [1.807, 2.05) is 0 Å². The highest BCUT2D eigenvalue weighted by Crippen LogP contribution is 2.39. The molecule has 0 aliphatic carbocycles. The number of ether oxygens (including phenoxy) is 1. The van der Waals surface area contributed by atoms with Crippen molar-refractivity contribution < 1.29 is 17.9 Å². The van der Waals surface area contributed by atoms with Crippen LogP contribution in [-0.2, 0) is 6.18 Å². The van der Waals surface area contributed by atoms with Crippen LogP contribution in [-0.4, -0.2) is 0 Å². The van der Waals surface area contributed by atoms with Gasteiger partial charge in [-0.1, -0.05) is 6.07 Å². The second kappa shape index (κ2) is 4.72. The second-order valence-corrected chi connectivity index (χ2v) is 3.93. The molecule has 0 unspecified atom stereocenters. The molecule has 0 heterocycles. The number of nitrogen functional groups attached to an aromatic ring is 2. The summed E-state index contributed by atoms with van der Waals surface area (Å²) >= 11 is 0. The molecule has 2 aromatic carbocycles. The average molecular weight is 268 g/mol. The minimum Gasteiger partial charge on any atom is -0.457 e. The normalized spacial score (nSPS) is 11.3. The van der Waals surface area contributed by atoms with Crippen LogP contribution in [0, 0.1) is 0 Å². The van der Waals surface area contributed by atoms with E-state index in [9.17, 15) is 13.2 Å². The molecule has 6 heteroatoms. The summed E-state index contributed by atoms with van der Waals surface area (Å²) in [6, 6.07) is 9.53. The highest BCUT2D eigenvalue weighted by Gasteiger charge is 2.34. The molecule has 3 nitrogen and oxygen atoms in total. The average Bonchev–Trinajstić information content (AvgIpc) is 2.30. The number of nitrogens with two attached hydrogens (primary N) is 2. The molecule has 0 bridgehead atoms. The molecule has 0 aliphatic rings. The molecule has 4 N–H and O–H groups in total. The molecule has 0 fully saturated rings. The molecule has 2 aromatic rings. The summed E-state index contributed by atoms with van der Waals surface area (Å²) in [7, 11) is 0. The molecule has 0 saturated heterocycles. The standard InChI is InChI=1S/C13H11F3N2O/c14-13(15,16)11-7-9(18)4-5-12(11)19-10-3-1-2-8(17)6-10/h1-7H,17-18H2. The topological polar surface area (TPSA) is 61.3 Å². The molecular weight excluding hydrogens is 257 g/mol. The number of alkyl halides is 3. The van der Waals surface area contributed by atoms with E-state index in [1.165, 1.54) is 24.3 Å². The predicted molar refractivity (Wildman–Crippen MR) is 66.8 cm³/mol. The Bertz CT molecular complexity index is 597. The van der Waals surface area contributed by atoms with Gasteiger partial charge in [0.05, 0.1) is 0 Å². The Morgan fingerprint density at radius 2 is 1.58 bits per heavy atom. The smallest absolute Gasteiger partial charge is 0.420 e. The fraction of sp³-hybridized carbons (Fsp3) is 0.0769. The van der Waals surface area contributed by atoms with E-state index in [2.05, 4.69) is 0 Å². The van der Waals surface area contributed by atoms with Gasteiger partial charge >= 0.3 is 6.18 Å². The molecule has 0 amide bonds. The highest BCUT2D eigenvalue weighted by molar-refractivity contribution is 5.51. The van der Waals surface area contributed by atoms with Gasteiger partial charge in [0.25, 0.3) is 0 Å². The predicted octanol–water partition coefficient (Wildman–Crippen LogP) is 3.66. The van der Waals surface area contributed by atoms with Crippen LogP contribution in [0.1, 0.15) is 5.56 Å². The van der Waals surface area contributed by atoms with Crippen LogP contribution in [0.25, 0.3) is 0 Å². The highest BCUT2D eigenvalue weighted by atomic mass is 19.4. The zero-order chi connectivity index (χ0) is 14.0. The van der Waals surface area contributed by atoms with Gasteiger partial charge in [0, 0.05) is 17.4 Å². The number of halogens is 3. The molecule has 100 valence electrons. The quantitative estimate of drug-likeness (QED) is 0.817. The van der Waals surface area contributed by atoms with Crippen LogP contribution >= 0.6 is 0 Å². The number of hydrogen-bond donors (Lipinski definition) is 2. The van der Waals surface area contributed by atoms with Crippen LogP contribution in [0.4, 0.5) is 24.5 Å². The van der Waals surface area contributed by atoms with Crippen LogP contribution in [0.3, 0.4) is 0 Å². The number of anilines is 2. The van der Waals surface area contributed by atoms with Crippen LogP contribution in [0.5, 0.6) is 11.5 Å². The van der Waals surface area contributed by atoms with Gasteiger partial charge in [0.2, 0.25) is 0 Å². The van der Waals surface area contributed by atoms with Gasteiger partial charge in [-0.2, -0.15) is 13.2 Å². The van der Waals surface area contributed by atoms with E-state index in [1.54, 1.807) is 12.1 Å². The summed E-state index contributed by atoms with van der Waals surface area (Å²) in [4.78, 5) is 0. The minimum atomic E-state index is -4.54. The van der Waals surface area contributed by atoms with Crippen molar-refractivity contribution in [2.45, 2.75) is 6.18 Å². The van der Waals surface area contributed by atoms with E-state index in [-0.39, 0.29) is 17.2 Å². The monoisotopic (exact) mass is 268 g/mol. The second-order valence-electron chi connectivity index (χ2n) is 3.93. The molecule has 0 spiro atoms. The summed E-state index contributed by atoms with van der Waals surface area (Å²) in [5.74, 6) is -0.0810. The van der Waals surface area contributed by atoms with Gasteiger partial charge in [0.1, 0.15) is 17.1 Å². The van der Waals surface area contributed by atoms with Crippen molar-refractivity contribution in [3.63, 3.8) is 0 Å². The Morgan fingerprint density at radius 3 is 2.21 bits per heavy atom. The van der Waals surface area contributed by atoms with Crippen LogP contribution < -0.4 is 16.2 Å². The molecule has 0 saturated carbocycles. The molecule has 2 rings (SSSR count). The molecule has 0 radical (unpaired) electrons. The Labute approximate surface area is 107 Å². The molecule has 0 aromatic heterocycles. The lowest BCUT2D eigenvalue weighted by molar-refractivity contribution is -0.138. The van der Waals surface area contributed by atoms with Gasteiger partial charge in [-0.25, -0.2) is 0 Å². The maximum absolute atomic E-state index is 12.9. The van der Waals surface area contributed by atoms with E-state index < -0.39 is 11.7 Å². The molecule has 19 heavy (non-hydrogen) atoms. The summed E-state index contributed by atoms with van der Waals surface area (Å²) in [6.07, 6.45) is -4.54. The van der Waals surface area contributed by atoms with Crippen molar-refractivity contribution in [2.75, 3.05) is 11.5 Å². The number of rotatable bonds is 2. The first-order valence-corrected chi connectivity index (χ1v) is 5.36. The van der Waals surface area contributed by atoms with Crippen LogP contribution in [0.2, 0.25) is 0 Å². The third-order valence-corrected chi connectivity index (χ3v) is 2.39. The maximum atomic E-state index is 12.9. The third-order valence-electron chi connectivity index (χ3n) is 2.39. The number of benzene rings is 2. The van der Waals surface area contributed by atoms with Crippen LogP contribution in [0.15, 0.2) is 42.5 Å². The van der Waals surface area contributed by atoms with Gasteiger partial charge in [-0.15, -0.1) is 0 Å². The first-order valence-electron chi connectivity index (χ1n) is 5.36. The van der Waals surface area contributed by atoms with Crippen molar-refractivity contribution in [3.8, 4) is 11.5 Å².